The summed E-state index contributed by atoms with van der Waals surface area (Å²) in [5.74, 6) is -0.802. The summed E-state index contributed by atoms with van der Waals surface area (Å²) in [4.78, 5) is 10.2. The molecule has 1 atom stereocenters. The molecule has 0 heterocycles. The topological polar surface area (TPSA) is 92.6 Å². The third kappa shape index (κ3) is 4.29. The van der Waals surface area contributed by atoms with Gasteiger partial charge >= 0.3 is 5.97 Å². The van der Waals surface area contributed by atoms with E-state index in [0.717, 1.165) is 19.4 Å². The second kappa shape index (κ2) is 5.20. The van der Waals surface area contributed by atoms with Gasteiger partial charge in [0.25, 0.3) is 0 Å². The van der Waals surface area contributed by atoms with Crippen LogP contribution >= 0.6 is 0 Å². The van der Waals surface area contributed by atoms with Gasteiger partial charge in [0.1, 0.15) is 0 Å². The zero-order chi connectivity index (χ0) is 7.98. The summed E-state index contributed by atoms with van der Waals surface area (Å²) in [6, 6.07) is -0.438. The molecule has 10 heavy (non-hydrogen) atoms. The zero-order valence-corrected chi connectivity index (χ0v) is 6.18. The summed E-state index contributed by atoms with van der Waals surface area (Å²) in [6.07, 6.45) is 2.59. The Bertz CT molecular complexity index is 106. The van der Waals surface area contributed by atoms with Crippen LogP contribution in [0.25, 0.3) is 0 Å². The lowest BCUT2D eigenvalue weighted by atomic mass is 10.1. The van der Waals surface area contributed by atoms with E-state index in [1.54, 1.807) is 0 Å². The van der Waals surface area contributed by atoms with Crippen molar-refractivity contribution < 1.29 is 21.4 Å². The van der Waals surface area contributed by atoms with E-state index in [4.69, 9.17) is 5.11 Å². The van der Waals surface area contributed by atoms with Crippen LogP contribution in [0.5, 0.6) is 0 Å². The number of carboxylic acids is 1. The van der Waals surface area contributed by atoms with Crippen LogP contribution in [0.4, 0.5) is 0 Å². The average molecular weight is 148 g/mol. The number of aliphatic carboxylic acids is 1. The molecule has 7 N–H and O–H groups in total. The van der Waals surface area contributed by atoms with Gasteiger partial charge in [-0.1, -0.05) is 0 Å². The molecule has 0 spiro atoms. The molecule has 60 valence electrons. The highest BCUT2D eigenvalue weighted by atomic mass is 16.4. The van der Waals surface area contributed by atoms with Gasteiger partial charge in [-0.25, -0.2) is 4.79 Å². The Morgan fingerprint density at radius 1 is 1.50 bits per heavy atom. The number of hydrogen-bond donors (Lipinski definition) is 3. The largest absolute Gasteiger partial charge is 0.477 e. The van der Waals surface area contributed by atoms with Crippen molar-refractivity contribution >= 4 is 5.97 Å². The van der Waals surface area contributed by atoms with Crippen LogP contribution in [0.1, 0.15) is 19.3 Å². The van der Waals surface area contributed by atoms with E-state index in [0.29, 0.717) is 6.42 Å². The first-order valence-corrected chi connectivity index (χ1v) is 3.53. The second-order valence-corrected chi connectivity index (χ2v) is 2.38. The summed E-state index contributed by atoms with van der Waals surface area (Å²) in [6.45, 7) is 0.881. The van der Waals surface area contributed by atoms with Crippen molar-refractivity contribution in [3.05, 3.63) is 0 Å². The predicted octanol–water partition coefficient (Wildman–Crippen LogP) is -1.91. The number of hydrogen-bond acceptors (Lipinski definition) is 1. The molecule has 0 radical (unpaired) electrons. The molecule has 0 aromatic carbocycles. The van der Waals surface area contributed by atoms with Gasteiger partial charge in [0, 0.05) is 6.42 Å². The third-order valence-corrected chi connectivity index (χ3v) is 1.40. The van der Waals surface area contributed by atoms with Crippen molar-refractivity contribution in [2.45, 2.75) is 25.3 Å². The molecule has 0 rings (SSSR count). The van der Waals surface area contributed by atoms with E-state index in [1.165, 1.54) is 0 Å². The van der Waals surface area contributed by atoms with Gasteiger partial charge < -0.3 is 16.6 Å². The minimum absolute atomic E-state index is 0.438. The normalized spacial score (nSPS) is 13.0. The van der Waals surface area contributed by atoms with E-state index in [-0.39, 0.29) is 0 Å². The molecule has 0 amide bonds. The van der Waals surface area contributed by atoms with Crippen LogP contribution in [-0.4, -0.2) is 23.7 Å². The molecule has 0 fully saturated rings. The van der Waals surface area contributed by atoms with Crippen molar-refractivity contribution in [1.82, 2.24) is 0 Å². The Balaban J connectivity index is 3.21. The van der Waals surface area contributed by atoms with Gasteiger partial charge in [-0.15, -0.1) is 0 Å². The molecule has 0 saturated carbocycles. The van der Waals surface area contributed by atoms with Crippen LogP contribution in [-0.2, 0) is 4.79 Å². The zero-order valence-electron chi connectivity index (χ0n) is 6.18. The molecule has 0 aromatic heterocycles. The first-order valence-electron chi connectivity index (χ1n) is 3.53. The Morgan fingerprint density at radius 2 is 2.10 bits per heavy atom. The summed E-state index contributed by atoms with van der Waals surface area (Å²) in [5, 5.41) is 8.40. The Labute approximate surface area is 60.2 Å². The number of unbranched alkanes of at least 4 members (excludes halogenated alkanes) is 1. The SMILES string of the molecule is [NH3+]CCCCC([NH3+])C(=O)O. The van der Waals surface area contributed by atoms with Crippen molar-refractivity contribution in [2.24, 2.45) is 0 Å². The molecule has 0 aromatic rings. The Kier molecular flexibility index (Phi) is 4.88. The van der Waals surface area contributed by atoms with Crippen LogP contribution in [0.2, 0.25) is 0 Å². The molecule has 0 aliphatic rings. The van der Waals surface area contributed by atoms with Crippen molar-refractivity contribution in [3.8, 4) is 0 Å². The summed E-state index contributed by atoms with van der Waals surface area (Å²) in [5.41, 5.74) is 7.15. The number of carboxylic acid groups (broad SMARTS) is 1. The lowest BCUT2D eigenvalue weighted by Gasteiger charge is -1.99. The maximum atomic E-state index is 10.2. The van der Waals surface area contributed by atoms with Gasteiger partial charge in [-0.2, -0.15) is 0 Å². The fraction of sp³-hybridized carbons (Fsp3) is 0.833. The second-order valence-electron chi connectivity index (χ2n) is 2.38. The maximum Gasteiger partial charge on any atom is 0.362 e. The van der Waals surface area contributed by atoms with E-state index in [1.807, 2.05) is 0 Å². The molecule has 0 saturated heterocycles. The molecule has 0 aliphatic carbocycles. The minimum atomic E-state index is -0.802. The molecule has 1 unspecified atom stereocenters. The highest BCUT2D eigenvalue weighted by Crippen LogP contribution is 1.95. The van der Waals surface area contributed by atoms with E-state index >= 15 is 0 Å². The van der Waals surface area contributed by atoms with E-state index < -0.39 is 12.0 Å². The van der Waals surface area contributed by atoms with Crippen LogP contribution in [0, 0.1) is 0 Å². The maximum absolute atomic E-state index is 10.2. The number of carbonyl (C=O) groups is 1. The van der Waals surface area contributed by atoms with Crippen molar-refractivity contribution in [2.75, 3.05) is 6.54 Å². The highest BCUT2D eigenvalue weighted by Gasteiger charge is 2.13. The van der Waals surface area contributed by atoms with Crippen molar-refractivity contribution in [3.63, 3.8) is 0 Å². The van der Waals surface area contributed by atoms with E-state index in [9.17, 15) is 4.79 Å². The quantitative estimate of drug-likeness (QED) is 0.397. The first-order chi connectivity index (χ1) is 4.68. The van der Waals surface area contributed by atoms with Crippen LogP contribution in [0.3, 0.4) is 0 Å². The molecule has 4 heteroatoms. The molecular weight excluding hydrogens is 132 g/mol. The number of rotatable bonds is 5. The van der Waals surface area contributed by atoms with Crippen LogP contribution in [0.15, 0.2) is 0 Å². The average Bonchev–Trinajstić information content (AvgIpc) is 1.88. The Morgan fingerprint density at radius 3 is 2.50 bits per heavy atom. The first kappa shape index (κ1) is 9.39. The van der Waals surface area contributed by atoms with Gasteiger partial charge in [-0.3, -0.25) is 0 Å². The monoisotopic (exact) mass is 148 g/mol. The molecule has 4 nitrogen and oxygen atoms in total. The summed E-state index contributed by atoms with van der Waals surface area (Å²) in [7, 11) is 0. The van der Waals surface area contributed by atoms with Gasteiger partial charge in [0.15, 0.2) is 6.04 Å². The molecule has 0 bridgehead atoms. The van der Waals surface area contributed by atoms with E-state index in [2.05, 4.69) is 11.5 Å². The molecule has 0 aliphatic heterocycles. The van der Waals surface area contributed by atoms with Gasteiger partial charge in [-0.05, 0) is 12.8 Å². The fourth-order valence-corrected chi connectivity index (χ4v) is 0.691. The number of quaternary nitrogens is 2. The highest BCUT2D eigenvalue weighted by molar-refractivity contribution is 5.71. The minimum Gasteiger partial charge on any atom is -0.477 e. The third-order valence-electron chi connectivity index (χ3n) is 1.40. The molecular formula is C6H16N2O2+2. The summed E-state index contributed by atoms with van der Waals surface area (Å²) < 4.78 is 0. The van der Waals surface area contributed by atoms with Gasteiger partial charge in [0.2, 0.25) is 0 Å². The van der Waals surface area contributed by atoms with Gasteiger partial charge in [0.05, 0.1) is 6.54 Å². The van der Waals surface area contributed by atoms with Crippen LogP contribution < -0.4 is 11.5 Å². The summed E-state index contributed by atoms with van der Waals surface area (Å²) >= 11 is 0. The Hall–Kier alpha value is -0.610. The fourth-order valence-electron chi connectivity index (χ4n) is 0.691. The van der Waals surface area contributed by atoms with Crippen molar-refractivity contribution in [1.29, 1.82) is 0 Å². The lowest BCUT2D eigenvalue weighted by Crippen LogP contribution is -2.64. The smallest absolute Gasteiger partial charge is 0.362 e. The standard InChI is InChI=1S/C6H14N2O2/c7-4-2-1-3-5(8)6(9)10/h5H,1-4,7-8H2,(H,9,10)/p+2. The lowest BCUT2D eigenvalue weighted by molar-refractivity contribution is -0.410. The predicted molar refractivity (Wildman–Crippen MR) is 35.9 cm³/mol.